The highest BCUT2D eigenvalue weighted by molar-refractivity contribution is 7.80. The van der Waals surface area contributed by atoms with Crippen LogP contribution in [-0.4, -0.2) is 23.5 Å². The third-order valence-corrected chi connectivity index (χ3v) is 4.99. The average molecular weight is 482 g/mol. The Morgan fingerprint density at radius 2 is 1.55 bits per heavy atom. The SMILES string of the molecule is CCCCOc1cccc(C(=O)NC(=S)Nc2cccc(C(=O)Nc3cccc(Cl)c3)c2)c1. The molecule has 170 valence electrons. The molecule has 0 unspecified atom stereocenters. The topological polar surface area (TPSA) is 79.5 Å². The van der Waals surface area contributed by atoms with E-state index in [1.807, 2.05) is 6.07 Å². The predicted molar refractivity (Wildman–Crippen MR) is 136 cm³/mol. The summed E-state index contributed by atoms with van der Waals surface area (Å²) in [4.78, 5) is 25.1. The maximum Gasteiger partial charge on any atom is 0.257 e. The van der Waals surface area contributed by atoms with Crippen molar-refractivity contribution in [3.63, 3.8) is 0 Å². The minimum Gasteiger partial charge on any atom is -0.494 e. The second-order valence-electron chi connectivity index (χ2n) is 7.18. The molecular weight excluding hydrogens is 458 g/mol. The summed E-state index contributed by atoms with van der Waals surface area (Å²) < 4.78 is 5.65. The highest BCUT2D eigenvalue weighted by Crippen LogP contribution is 2.18. The summed E-state index contributed by atoms with van der Waals surface area (Å²) in [7, 11) is 0. The van der Waals surface area contributed by atoms with E-state index < -0.39 is 0 Å². The second-order valence-corrected chi connectivity index (χ2v) is 8.03. The third kappa shape index (κ3) is 7.59. The van der Waals surface area contributed by atoms with Gasteiger partial charge in [-0.05, 0) is 73.2 Å². The van der Waals surface area contributed by atoms with Crippen LogP contribution in [0.4, 0.5) is 11.4 Å². The van der Waals surface area contributed by atoms with E-state index in [0.29, 0.717) is 39.9 Å². The fourth-order valence-corrected chi connectivity index (χ4v) is 3.31. The first-order chi connectivity index (χ1) is 15.9. The zero-order valence-electron chi connectivity index (χ0n) is 18.1. The number of nitrogens with one attached hydrogen (secondary N) is 3. The first-order valence-corrected chi connectivity index (χ1v) is 11.3. The Hall–Kier alpha value is -3.42. The van der Waals surface area contributed by atoms with E-state index in [1.54, 1.807) is 66.7 Å². The highest BCUT2D eigenvalue weighted by Gasteiger charge is 2.11. The first kappa shape index (κ1) is 24.2. The summed E-state index contributed by atoms with van der Waals surface area (Å²) >= 11 is 11.2. The minimum absolute atomic E-state index is 0.115. The molecule has 0 saturated carbocycles. The van der Waals surface area contributed by atoms with Crippen molar-refractivity contribution in [3.05, 3.63) is 88.9 Å². The minimum atomic E-state index is -0.358. The monoisotopic (exact) mass is 481 g/mol. The summed E-state index contributed by atoms with van der Waals surface area (Å²) in [6.45, 7) is 2.69. The van der Waals surface area contributed by atoms with Crippen molar-refractivity contribution >= 4 is 52.1 Å². The van der Waals surface area contributed by atoms with Gasteiger partial charge >= 0.3 is 0 Å². The molecule has 3 rings (SSSR count). The maximum atomic E-state index is 12.6. The van der Waals surface area contributed by atoms with Gasteiger partial charge in [-0.25, -0.2) is 0 Å². The van der Waals surface area contributed by atoms with Crippen molar-refractivity contribution in [1.82, 2.24) is 5.32 Å². The van der Waals surface area contributed by atoms with Gasteiger partial charge in [-0.1, -0.05) is 43.1 Å². The van der Waals surface area contributed by atoms with Gasteiger partial charge in [-0.15, -0.1) is 0 Å². The summed E-state index contributed by atoms with van der Waals surface area (Å²) in [5.74, 6) is -0.0209. The summed E-state index contributed by atoms with van der Waals surface area (Å²) in [5, 5.41) is 9.02. The number of halogens is 1. The van der Waals surface area contributed by atoms with Crippen molar-refractivity contribution in [2.45, 2.75) is 19.8 Å². The molecule has 3 aromatic carbocycles. The van der Waals surface area contributed by atoms with Crippen molar-refractivity contribution in [2.24, 2.45) is 0 Å². The Labute approximate surface area is 203 Å². The van der Waals surface area contributed by atoms with Crippen LogP contribution < -0.4 is 20.7 Å². The zero-order valence-corrected chi connectivity index (χ0v) is 19.6. The van der Waals surface area contributed by atoms with E-state index in [4.69, 9.17) is 28.6 Å². The molecule has 0 heterocycles. The number of amides is 2. The Balaban J connectivity index is 1.59. The largest absolute Gasteiger partial charge is 0.494 e. The standard InChI is InChI=1S/C25H24ClN3O3S/c1-2-3-13-32-22-12-5-8-18(15-22)24(31)29-25(33)28-20-10-4-7-17(14-20)23(30)27-21-11-6-9-19(26)16-21/h4-12,14-16H,2-3,13H2,1H3,(H,27,30)(H2,28,29,31,33). The van der Waals surface area contributed by atoms with Gasteiger partial charge in [-0.3, -0.25) is 14.9 Å². The zero-order chi connectivity index (χ0) is 23.6. The number of carbonyl (C=O) groups excluding carboxylic acids is 2. The molecule has 0 radical (unpaired) electrons. The van der Waals surface area contributed by atoms with Crippen LogP contribution in [-0.2, 0) is 0 Å². The lowest BCUT2D eigenvalue weighted by Gasteiger charge is -2.12. The molecule has 0 saturated heterocycles. The van der Waals surface area contributed by atoms with Crippen LogP contribution in [0.1, 0.15) is 40.5 Å². The lowest BCUT2D eigenvalue weighted by atomic mass is 10.2. The van der Waals surface area contributed by atoms with Gasteiger partial charge < -0.3 is 15.4 Å². The lowest BCUT2D eigenvalue weighted by molar-refractivity contribution is 0.0975. The fraction of sp³-hybridized carbons (Fsp3) is 0.160. The number of hydrogen-bond donors (Lipinski definition) is 3. The van der Waals surface area contributed by atoms with Crippen LogP contribution in [0, 0.1) is 0 Å². The van der Waals surface area contributed by atoms with Crippen LogP contribution >= 0.6 is 23.8 Å². The Bertz CT molecular complexity index is 1150. The van der Waals surface area contributed by atoms with E-state index in [9.17, 15) is 9.59 Å². The molecule has 3 N–H and O–H groups in total. The molecule has 0 aliphatic heterocycles. The number of unbranched alkanes of at least 4 members (excludes halogenated alkanes) is 1. The van der Waals surface area contributed by atoms with Crippen LogP contribution in [0.2, 0.25) is 5.02 Å². The Morgan fingerprint density at radius 3 is 2.27 bits per heavy atom. The van der Waals surface area contributed by atoms with Crippen molar-refractivity contribution in [3.8, 4) is 5.75 Å². The molecule has 0 aliphatic rings. The van der Waals surface area contributed by atoms with E-state index in [-0.39, 0.29) is 16.9 Å². The predicted octanol–water partition coefficient (Wildman–Crippen LogP) is 5.90. The molecule has 33 heavy (non-hydrogen) atoms. The number of benzene rings is 3. The van der Waals surface area contributed by atoms with Gasteiger partial charge in [0.15, 0.2) is 5.11 Å². The number of hydrogen-bond acceptors (Lipinski definition) is 4. The van der Waals surface area contributed by atoms with Crippen LogP contribution in [0.5, 0.6) is 5.75 Å². The van der Waals surface area contributed by atoms with E-state index >= 15 is 0 Å². The quantitative estimate of drug-likeness (QED) is 0.276. The molecule has 3 aromatic rings. The molecule has 0 fully saturated rings. The van der Waals surface area contributed by atoms with Crippen LogP contribution in [0.15, 0.2) is 72.8 Å². The molecule has 0 bridgehead atoms. The van der Waals surface area contributed by atoms with Gasteiger partial charge in [0.2, 0.25) is 0 Å². The smallest absolute Gasteiger partial charge is 0.257 e. The van der Waals surface area contributed by atoms with Crippen molar-refractivity contribution < 1.29 is 14.3 Å². The molecule has 0 spiro atoms. The van der Waals surface area contributed by atoms with Crippen LogP contribution in [0.3, 0.4) is 0 Å². The summed E-state index contributed by atoms with van der Waals surface area (Å²) in [6, 6.07) is 20.6. The van der Waals surface area contributed by atoms with Crippen LogP contribution in [0.25, 0.3) is 0 Å². The molecule has 2 amide bonds. The Morgan fingerprint density at radius 1 is 0.879 bits per heavy atom. The Kier molecular flexibility index (Phi) is 8.80. The first-order valence-electron chi connectivity index (χ1n) is 10.5. The molecular formula is C25H24ClN3O3S. The van der Waals surface area contributed by atoms with Gasteiger partial charge in [0, 0.05) is 27.5 Å². The number of rotatable bonds is 8. The van der Waals surface area contributed by atoms with Gasteiger partial charge in [0.1, 0.15) is 5.75 Å². The number of carbonyl (C=O) groups is 2. The highest BCUT2D eigenvalue weighted by atomic mass is 35.5. The normalized spacial score (nSPS) is 10.2. The summed E-state index contributed by atoms with van der Waals surface area (Å²) in [5.41, 5.74) is 2.01. The maximum absolute atomic E-state index is 12.6. The molecule has 0 aliphatic carbocycles. The molecule has 0 atom stereocenters. The molecule has 8 heteroatoms. The third-order valence-electron chi connectivity index (χ3n) is 4.56. The van der Waals surface area contributed by atoms with Gasteiger partial charge in [0.25, 0.3) is 11.8 Å². The van der Waals surface area contributed by atoms with E-state index in [0.717, 1.165) is 12.8 Å². The van der Waals surface area contributed by atoms with E-state index in [1.165, 1.54) is 0 Å². The second kappa shape index (κ2) is 12.0. The average Bonchev–Trinajstić information content (AvgIpc) is 2.79. The van der Waals surface area contributed by atoms with Gasteiger partial charge in [0.05, 0.1) is 6.61 Å². The number of anilines is 2. The number of thiocarbonyl (C=S) groups is 1. The van der Waals surface area contributed by atoms with Gasteiger partial charge in [-0.2, -0.15) is 0 Å². The lowest BCUT2D eigenvalue weighted by Crippen LogP contribution is -2.34. The van der Waals surface area contributed by atoms with E-state index in [2.05, 4.69) is 22.9 Å². The molecule has 0 aromatic heterocycles. The van der Waals surface area contributed by atoms with Crippen molar-refractivity contribution in [2.75, 3.05) is 17.2 Å². The summed E-state index contributed by atoms with van der Waals surface area (Å²) in [6.07, 6.45) is 1.98. The number of ether oxygens (including phenoxy) is 1. The fourth-order valence-electron chi connectivity index (χ4n) is 2.91. The molecule has 6 nitrogen and oxygen atoms in total. The van der Waals surface area contributed by atoms with Crippen molar-refractivity contribution in [1.29, 1.82) is 0 Å².